The summed E-state index contributed by atoms with van der Waals surface area (Å²) >= 11 is 11.9. The Bertz CT molecular complexity index is 1200. The molecule has 0 unspecified atom stereocenters. The van der Waals surface area contributed by atoms with Gasteiger partial charge in [-0.25, -0.2) is 8.42 Å². The molecule has 1 amide bonds. The number of benzene rings is 3. The van der Waals surface area contributed by atoms with Gasteiger partial charge >= 0.3 is 0 Å². The monoisotopic (exact) mass is 459 g/mol. The molecule has 0 N–H and O–H groups in total. The average molecular weight is 460 g/mol. The van der Waals surface area contributed by atoms with Crippen LogP contribution in [0.25, 0.3) is 6.08 Å². The molecule has 7 heteroatoms. The maximum absolute atomic E-state index is 13.3. The molecular weight excluding hydrogens is 441 g/mol. The summed E-state index contributed by atoms with van der Waals surface area (Å²) in [7, 11) is -4.12. The fourth-order valence-electron chi connectivity index (χ4n) is 2.73. The number of hydrogen-bond acceptors (Lipinski definition) is 3. The minimum atomic E-state index is -4.12. The van der Waals surface area contributed by atoms with E-state index in [0.29, 0.717) is 15.6 Å². The number of anilines is 1. The highest BCUT2D eigenvalue weighted by molar-refractivity contribution is 7.93. The van der Waals surface area contributed by atoms with Crippen molar-refractivity contribution in [1.29, 1.82) is 0 Å². The predicted molar refractivity (Wildman–Crippen MR) is 123 cm³/mol. The molecule has 0 aromatic heterocycles. The van der Waals surface area contributed by atoms with E-state index in [1.807, 2.05) is 13.8 Å². The highest BCUT2D eigenvalue weighted by atomic mass is 35.5. The molecule has 0 aliphatic carbocycles. The van der Waals surface area contributed by atoms with Crippen molar-refractivity contribution in [2.75, 3.05) is 4.31 Å². The van der Waals surface area contributed by atoms with Crippen LogP contribution in [0.2, 0.25) is 10.0 Å². The van der Waals surface area contributed by atoms with E-state index in [9.17, 15) is 13.2 Å². The largest absolute Gasteiger partial charge is 0.271 e. The quantitative estimate of drug-likeness (QED) is 0.436. The van der Waals surface area contributed by atoms with Gasteiger partial charge in [0, 0.05) is 6.08 Å². The lowest BCUT2D eigenvalue weighted by atomic mass is 10.2. The molecule has 0 spiro atoms. The molecule has 0 bridgehead atoms. The molecule has 3 rings (SSSR count). The summed E-state index contributed by atoms with van der Waals surface area (Å²) in [5.74, 6) is -0.703. The molecule has 3 aromatic carbocycles. The number of nitrogens with zero attached hydrogens (tertiary/aromatic N) is 1. The molecular formula is C23H19Cl2NO3S. The van der Waals surface area contributed by atoms with Crippen molar-refractivity contribution in [2.24, 2.45) is 0 Å². The molecule has 0 saturated carbocycles. The van der Waals surface area contributed by atoms with Crippen molar-refractivity contribution >= 4 is 50.9 Å². The number of sulfonamides is 1. The summed E-state index contributed by atoms with van der Waals surface area (Å²) in [6.07, 6.45) is 2.70. The van der Waals surface area contributed by atoms with Crippen LogP contribution in [-0.4, -0.2) is 14.3 Å². The molecule has 0 heterocycles. The minimum Gasteiger partial charge on any atom is -0.268 e. The highest BCUT2D eigenvalue weighted by Crippen LogP contribution is 2.26. The van der Waals surface area contributed by atoms with Crippen LogP contribution in [0.15, 0.2) is 77.7 Å². The maximum atomic E-state index is 13.3. The van der Waals surface area contributed by atoms with E-state index in [-0.39, 0.29) is 10.6 Å². The van der Waals surface area contributed by atoms with E-state index in [4.69, 9.17) is 23.2 Å². The van der Waals surface area contributed by atoms with Crippen molar-refractivity contribution in [2.45, 2.75) is 18.7 Å². The number of halogens is 2. The Hall–Kier alpha value is -2.60. The SMILES string of the molecule is Cc1ccc(N(C(=O)/C=C/c2ccc(Cl)c(Cl)c2)S(=O)(=O)c2ccc(C)cc2)cc1. The number of rotatable bonds is 5. The fourth-order valence-corrected chi connectivity index (χ4v) is 4.43. The minimum absolute atomic E-state index is 0.0324. The smallest absolute Gasteiger partial charge is 0.268 e. The predicted octanol–water partition coefficient (Wildman–Crippen LogP) is 6.05. The fraction of sp³-hybridized carbons (Fsp3) is 0.0870. The van der Waals surface area contributed by atoms with Crippen molar-refractivity contribution < 1.29 is 13.2 Å². The zero-order valence-corrected chi connectivity index (χ0v) is 18.7. The number of aryl methyl sites for hydroxylation is 2. The third-order valence-corrected chi connectivity index (χ3v) is 6.87. The third-order valence-electron chi connectivity index (χ3n) is 4.39. The van der Waals surface area contributed by atoms with Crippen LogP contribution in [0.5, 0.6) is 0 Å². The second kappa shape index (κ2) is 9.04. The van der Waals surface area contributed by atoms with Gasteiger partial charge in [0.2, 0.25) is 0 Å². The van der Waals surface area contributed by atoms with Gasteiger partial charge in [0.05, 0.1) is 20.6 Å². The van der Waals surface area contributed by atoms with E-state index in [1.54, 1.807) is 54.6 Å². The first-order chi connectivity index (χ1) is 14.2. The van der Waals surface area contributed by atoms with Crippen molar-refractivity contribution in [3.8, 4) is 0 Å². The Morgan fingerprint density at radius 2 is 1.40 bits per heavy atom. The zero-order valence-electron chi connectivity index (χ0n) is 16.3. The first-order valence-corrected chi connectivity index (χ1v) is 11.2. The molecule has 30 heavy (non-hydrogen) atoms. The van der Waals surface area contributed by atoms with Gasteiger partial charge in [0.25, 0.3) is 15.9 Å². The number of carbonyl (C=O) groups is 1. The molecule has 154 valence electrons. The summed E-state index contributed by atoms with van der Waals surface area (Å²) in [6.45, 7) is 3.74. The van der Waals surface area contributed by atoms with E-state index < -0.39 is 15.9 Å². The van der Waals surface area contributed by atoms with Crippen LogP contribution in [0, 0.1) is 13.8 Å². The Balaban J connectivity index is 2.03. The van der Waals surface area contributed by atoms with Gasteiger partial charge in [-0.15, -0.1) is 0 Å². The first-order valence-electron chi connectivity index (χ1n) is 9.04. The van der Waals surface area contributed by atoms with E-state index in [2.05, 4.69) is 0 Å². The number of hydrogen-bond donors (Lipinski definition) is 0. The molecule has 0 fully saturated rings. The van der Waals surface area contributed by atoms with E-state index >= 15 is 0 Å². The highest BCUT2D eigenvalue weighted by Gasteiger charge is 2.29. The molecule has 3 aromatic rings. The molecule has 0 aliphatic heterocycles. The van der Waals surface area contributed by atoms with Crippen LogP contribution < -0.4 is 4.31 Å². The molecule has 0 saturated heterocycles. The Kier molecular flexibility index (Phi) is 6.66. The number of amides is 1. The summed E-state index contributed by atoms with van der Waals surface area (Å²) in [5, 5.41) is 0.734. The molecule has 0 aliphatic rings. The van der Waals surface area contributed by atoms with Gasteiger partial charge in [0.15, 0.2) is 0 Å². The standard InChI is InChI=1S/C23H19Cl2NO3S/c1-16-3-9-19(10-4-16)26(30(28,29)20-11-5-17(2)6-12-20)23(27)14-8-18-7-13-21(24)22(25)15-18/h3-15H,1-2H3/b14-8+. The van der Waals surface area contributed by atoms with Crippen LogP contribution >= 0.6 is 23.2 Å². The van der Waals surface area contributed by atoms with Gasteiger partial charge in [0.1, 0.15) is 0 Å². The Morgan fingerprint density at radius 1 is 0.833 bits per heavy atom. The lowest BCUT2D eigenvalue weighted by Crippen LogP contribution is -2.35. The van der Waals surface area contributed by atoms with Crippen molar-refractivity contribution in [1.82, 2.24) is 0 Å². The third kappa shape index (κ3) is 4.93. The molecule has 4 nitrogen and oxygen atoms in total. The maximum Gasteiger partial charge on any atom is 0.271 e. The summed E-state index contributed by atoms with van der Waals surface area (Å²) in [5.41, 5.74) is 2.74. The Labute approximate surface area is 186 Å². The summed E-state index contributed by atoms with van der Waals surface area (Å²) in [6, 6.07) is 18.0. The second-order valence-electron chi connectivity index (χ2n) is 6.76. The van der Waals surface area contributed by atoms with Gasteiger partial charge < -0.3 is 0 Å². The summed E-state index contributed by atoms with van der Waals surface area (Å²) < 4.78 is 27.4. The zero-order chi connectivity index (χ0) is 21.9. The molecule has 0 radical (unpaired) electrons. The Morgan fingerprint density at radius 3 is 1.97 bits per heavy atom. The van der Waals surface area contributed by atoms with Crippen LogP contribution in [0.4, 0.5) is 5.69 Å². The van der Waals surface area contributed by atoms with Crippen LogP contribution in [0.1, 0.15) is 16.7 Å². The molecule has 0 atom stereocenters. The lowest BCUT2D eigenvalue weighted by molar-refractivity contribution is -0.113. The van der Waals surface area contributed by atoms with Gasteiger partial charge in [-0.05, 0) is 61.9 Å². The van der Waals surface area contributed by atoms with Gasteiger partial charge in [-0.2, -0.15) is 4.31 Å². The topological polar surface area (TPSA) is 54.5 Å². The van der Waals surface area contributed by atoms with Gasteiger partial charge in [-0.3, -0.25) is 4.79 Å². The first kappa shape index (κ1) is 22.1. The van der Waals surface area contributed by atoms with Crippen molar-refractivity contribution in [3.63, 3.8) is 0 Å². The lowest BCUT2D eigenvalue weighted by Gasteiger charge is -2.21. The number of carbonyl (C=O) groups excluding carboxylic acids is 1. The normalized spacial score (nSPS) is 11.6. The summed E-state index contributed by atoms with van der Waals surface area (Å²) in [4.78, 5) is 13.1. The van der Waals surface area contributed by atoms with Gasteiger partial charge in [-0.1, -0.05) is 64.7 Å². The average Bonchev–Trinajstić information content (AvgIpc) is 2.71. The second-order valence-corrected chi connectivity index (χ2v) is 9.36. The van der Waals surface area contributed by atoms with Crippen LogP contribution in [-0.2, 0) is 14.8 Å². The van der Waals surface area contributed by atoms with E-state index in [1.165, 1.54) is 24.3 Å². The van der Waals surface area contributed by atoms with Crippen molar-refractivity contribution in [3.05, 3.63) is 99.5 Å². The van der Waals surface area contributed by atoms with Crippen LogP contribution in [0.3, 0.4) is 0 Å². The van der Waals surface area contributed by atoms with E-state index in [0.717, 1.165) is 15.4 Å².